The molecule has 1 aliphatic rings. The van der Waals surface area contributed by atoms with Crippen molar-refractivity contribution >= 4 is 0 Å². The number of nitrogens with zero attached hydrogens (tertiary/aromatic N) is 1. The van der Waals surface area contributed by atoms with Crippen molar-refractivity contribution < 1.29 is 9.59 Å². The van der Waals surface area contributed by atoms with E-state index in [4.69, 9.17) is 0 Å². The maximum absolute atomic E-state index is 9.31. The Balaban J connectivity index is 2.03. The lowest BCUT2D eigenvalue weighted by molar-refractivity contribution is -0.892. The van der Waals surface area contributed by atoms with Gasteiger partial charge in [-0.15, -0.1) is 0 Å². The summed E-state index contributed by atoms with van der Waals surface area (Å²) in [7, 11) is 0. The molecule has 0 saturated heterocycles. The Hall–Kier alpha value is -0.800. The molecule has 1 aliphatic heterocycles. The molecular formula is C21H41N2O+. The number of hydrogen-bond donors (Lipinski definition) is 2. The maximum Gasteiger partial charge on any atom is 0.185 e. The Morgan fingerprint density at radius 1 is 0.958 bits per heavy atom. The number of rotatable bonds is 15. The van der Waals surface area contributed by atoms with Crippen molar-refractivity contribution in [2.24, 2.45) is 0 Å². The highest BCUT2D eigenvalue weighted by atomic mass is 16.3. The van der Waals surface area contributed by atoms with Gasteiger partial charge in [0.1, 0.15) is 12.7 Å². The molecule has 24 heavy (non-hydrogen) atoms. The molecule has 0 aliphatic carbocycles. The SMILES string of the molecule is CCCCCCCCCCCC/C=C/C1NC=C[N+]1(CC)CCO. The van der Waals surface area contributed by atoms with E-state index in [0.29, 0.717) is 6.17 Å². The number of unbranched alkanes of at least 4 members (excludes halogenated alkanes) is 10. The first-order chi connectivity index (χ1) is 11.8. The van der Waals surface area contributed by atoms with Crippen LogP contribution in [-0.4, -0.2) is 35.5 Å². The molecule has 0 aromatic carbocycles. The average molecular weight is 338 g/mol. The Kier molecular flexibility index (Phi) is 11.9. The van der Waals surface area contributed by atoms with Crippen LogP contribution in [0.1, 0.15) is 84.5 Å². The second-order valence-corrected chi connectivity index (χ2v) is 7.19. The predicted molar refractivity (Wildman–Crippen MR) is 104 cm³/mol. The number of hydrogen-bond acceptors (Lipinski definition) is 2. The lowest BCUT2D eigenvalue weighted by Crippen LogP contribution is -2.53. The third kappa shape index (κ3) is 7.85. The van der Waals surface area contributed by atoms with E-state index in [1.807, 2.05) is 6.20 Å². The fourth-order valence-corrected chi connectivity index (χ4v) is 3.59. The summed E-state index contributed by atoms with van der Waals surface area (Å²) in [6, 6.07) is 0. The molecule has 3 nitrogen and oxygen atoms in total. The van der Waals surface area contributed by atoms with Gasteiger partial charge in [0.2, 0.25) is 0 Å². The minimum Gasteiger partial charge on any atom is -0.390 e. The van der Waals surface area contributed by atoms with Crippen LogP contribution in [0.5, 0.6) is 0 Å². The minimum absolute atomic E-state index is 0.239. The molecule has 2 N–H and O–H groups in total. The number of aliphatic hydroxyl groups excluding tert-OH is 1. The van der Waals surface area contributed by atoms with Gasteiger partial charge in [-0.05, 0) is 25.8 Å². The van der Waals surface area contributed by atoms with E-state index >= 15 is 0 Å². The van der Waals surface area contributed by atoms with E-state index in [-0.39, 0.29) is 6.61 Å². The minimum atomic E-state index is 0.239. The van der Waals surface area contributed by atoms with Crippen molar-refractivity contribution in [1.82, 2.24) is 5.32 Å². The van der Waals surface area contributed by atoms with E-state index in [2.05, 4.69) is 37.5 Å². The smallest absolute Gasteiger partial charge is 0.185 e. The summed E-state index contributed by atoms with van der Waals surface area (Å²) in [6.07, 6.45) is 24.3. The molecule has 0 aromatic heterocycles. The van der Waals surface area contributed by atoms with Gasteiger partial charge in [0.15, 0.2) is 6.17 Å². The zero-order chi connectivity index (χ0) is 17.5. The Labute approximate surface area is 150 Å². The number of allylic oxidation sites excluding steroid dienone is 1. The van der Waals surface area contributed by atoms with E-state index in [9.17, 15) is 5.11 Å². The quantitative estimate of drug-likeness (QED) is 0.248. The first-order valence-corrected chi connectivity index (χ1v) is 10.4. The van der Waals surface area contributed by atoms with Gasteiger partial charge in [-0.25, -0.2) is 0 Å². The number of likely N-dealkylation sites (N-methyl/N-ethyl adjacent to an activating group) is 1. The maximum atomic E-state index is 9.31. The monoisotopic (exact) mass is 337 g/mol. The van der Waals surface area contributed by atoms with Crippen LogP contribution in [-0.2, 0) is 0 Å². The Bertz CT molecular complexity index is 354. The van der Waals surface area contributed by atoms with Crippen molar-refractivity contribution in [3.63, 3.8) is 0 Å². The average Bonchev–Trinajstić information content (AvgIpc) is 2.99. The molecule has 2 unspecified atom stereocenters. The largest absolute Gasteiger partial charge is 0.390 e. The topological polar surface area (TPSA) is 32.3 Å². The highest BCUT2D eigenvalue weighted by molar-refractivity contribution is 4.97. The second kappa shape index (κ2) is 13.5. The van der Waals surface area contributed by atoms with Crippen LogP contribution in [0.15, 0.2) is 24.6 Å². The molecule has 1 heterocycles. The van der Waals surface area contributed by atoms with Gasteiger partial charge in [0.25, 0.3) is 0 Å². The summed E-state index contributed by atoms with van der Waals surface area (Å²) in [4.78, 5) is 0. The van der Waals surface area contributed by atoms with Crippen molar-refractivity contribution in [2.45, 2.75) is 90.6 Å². The molecular weight excluding hydrogens is 296 g/mol. The van der Waals surface area contributed by atoms with E-state index in [1.165, 1.54) is 70.6 Å². The molecule has 140 valence electrons. The summed E-state index contributed by atoms with van der Waals surface area (Å²) in [5, 5.41) is 12.7. The van der Waals surface area contributed by atoms with Gasteiger partial charge in [0, 0.05) is 0 Å². The van der Waals surface area contributed by atoms with Gasteiger partial charge in [0.05, 0.1) is 19.4 Å². The molecule has 2 atom stereocenters. The van der Waals surface area contributed by atoms with Crippen LogP contribution in [0.25, 0.3) is 0 Å². The van der Waals surface area contributed by atoms with Crippen molar-refractivity contribution in [3.8, 4) is 0 Å². The van der Waals surface area contributed by atoms with Crippen LogP contribution in [0.3, 0.4) is 0 Å². The molecule has 0 aromatic rings. The molecule has 0 spiro atoms. The van der Waals surface area contributed by atoms with Gasteiger partial charge < -0.3 is 10.4 Å². The second-order valence-electron chi connectivity index (χ2n) is 7.19. The number of aliphatic hydroxyl groups is 1. The zero-order valence-electron chi connectivity index (χ0n) is 16.2. The number of quaternary nitrogens is 1. The van der Waals surface area contributed by atoms with E-state index in [0.717, 1.165) is 17.6 Å². The first-order valence-electron chi connectivity index (χ1n) is 10.4. The van der Waals surface area contributed by atoms with E-state index < -0.39 is 0 Å². The fraction of sp³-hybridized carbons (Fsp3) is 0.810. The molecule has 0 fully saturated rings. The lowest BCUT2D eigenvalue weighted by Gasteiger charge is -2.34. The Morgan fingerprint density at radius 2 is 1.58 bits per heavy atom. The zero-order valence-corrected chi connectivity index (χ0v) is 16.2. The molecule has 0 radical (unpaired) electrons. The van der Waals surface area contributed by atoms with Crippen LogP contribution < -0.4 is 5.32 Å². The van der Waals surface area contributed by atoms with Crippen molar-refractivity contribution in [2.75, 3.05) is 19.7 Å². The van der Waals surface area contributed by atoms with Gasteiger partial charge in [-0.3, -0.25) is 4.48 Å². The van der Waals surface area contributed by atoms with Crippen LogP contribution >= 0.6 is 0 Å². The summed E-state index contributed by atoms with van der Waals surface area (Å²) in [6.45, 7) is 6.50. The van der Waals surface area contributed by atoms with Gasteiger partial charge >= 0.3 is 0 Å². The van der Waals surface area contributed by atoms with Crippen LogP contribution in [0, 0.1) is 0 Å². The lowest BCUT2D eigenvalue weighted by atomic mass is 10.1. The third-order valence-corrected chi connectivity index (χ3v) is 5.34. The highest BCUT2D eigenvalue weighted by Crippen LogP contribution is 2.19. The molecule has 0 saturated carbocycles. The van der Waals surface area contributed by atoms with Gasteiger partial charge in [-0.2, -0.15) is 0 Å². The van der Waals surface area contributed by atoms with Crippen LogP contribution in [0.2, 0.25) is 0 Å². The molecule has 0 amide bonds. The fourth-order valence-electron chi connectivity index (χ4n) is 3.59. The predicted octanol–water partition coefficient (Wildman–Crippen LogP) is 5.08. The summed E-state index contributed by atoms with van der Waals surface area (Å²) < 4.78 is 0.824. The molecule has 0 bridgehead atoms. The molecule has 3 heteroatoms. The van der Waals surface area contributed by atoms with Crippen LogP contribution in [0.4, 0.5) is 0 Å². The van der Waals surface area contributed by atoms with Crippen molar-refractivity contribution in [3.05, 3.63) is 24.6 Å². The molecule has 1 rings (SSSR count). The summed E-state index contributed by atoms with van der Waals surface area (Å²) in [5.41, 5.74) is 0. The first kappa shape index (κ1) is 21.2. The van der Waals surface area contributed by atoms with Crippen molar-refractivity contribution in [1.29, 1.82) is 0 Å². The summed E-state index contributed by atoms with van der Waals surface area (Å²) in [5.74, 6) is 0. The van der Waals surface area contributed by atoms with E-state index in [1.54, 1.807) is 0 Å². The normalized spacial score (nSPS) is 23.2. The summed E-state index contributed by atoms with van der Waals surface area (Å²) >= 11 is 0. The number of nitrogens with one attached hydrogen (secondary N) is 1. The van der Waals surface area contributed by atoms with Gasteiger partial charge in [-0.1, -0.05) is 70.8 Å². The standard InChI is InChI=1S/C21H41N2O/c1-3-5-6-7-8-9-10-11-12-13-14-15-16-21-22-17-18-23(21,4-2)19-20-24/h15-18,21-22,24H,3-14,19-20H2,1-2H3/q+1/b16-15+. The Morgan fingerprint density at radius 3 is 2.17 bits per heavy atom. The third-order valence-electron chi connectivity index (χ3n) is 5.34. The highest BCUT2D eigenvalue weighted by Gasteiger charge is 2.34.